The summed E-state index contributed by atoms with van der Waals surface area (Å²) in [4.78, 5) is 2.57. The minimum absolute atomic E-state index is 0.293. The van der Waals surface area contributed by atoms with Crippen LogP contribution in [-0.2, 0) is 10.0 Å². The molecular formula is C15H21N3O2S. The second-order valence-corrected chi connectivity index (χ2v) is 6.81. The molecule has 0 radical (unpaired) electrons. The van der Waals surface area contributed by atoms with Crippen molar-refractivity contribution in [2.75, 3.05) is 39.3 Å². The maximum absolute atomic E-state index is 12.6. The van der Waals surface area contributed by atoms with Crippen molar-refractivity contribution in [3.63, 3.8) is 0 Å². The van der Waals surface area contributed by atoms with Crippen molar-refractivity contribution in [3.05, 3.63) is 29.8 Å². The second-order valence-electron chi connectivity index (χ2n) is 4.87. The molecule has 0 amide bonds. The van der Waals surface area contributed by atoms with Crippen LogP contribution in [0.1, 0.15) is 12.5 Å². The van der Waals surface area contributed by atoms with Crippen molar-refractivity contribution in [2.45, 2.75) is 11.8 Å². The first-order chi connectivity index (χ1) is 10.1. The number of hydrogen-bond acceptors (Lipinski definition) is 4. The Morgan fingerprint density at radius 3 is 2.29 bits per heavy atom. The van der Waals surface area contributed by atoms with Gasteiger partial charge in [0.1, 0.15) is 0 Å². The molecule has 1 aliphatic rings. The van der Waals surface area contributed by atoms with Crippen LogP contribution in [0.5, 0.6) is 0 Å². The number of nitrogens with zero attached hydrogens (tertiary/aromatic N) is 2. The largest absolute Gasteiger partial charge is 0.320 e. The number of benzene rings is 1. The summed E-state index contributed by atoms with van der Waals surface area (Å²) in [6.07, 6.45) is 0. The van der Waals surface area contributed by atoms with Crippen molar-refractivity contribution < 1.29 is 8.42 Å². The van der Waals surface area contributed by atoms with Crippen LogP contribution in [0.3, 0.4) is 0 Å². The van der Waals surface area contributed by atoms with Gasteiger partial charge >= 0.3 is 0 Å². The first-order valence-electron chi connectivity index (χ1n) is 7.09. The lowest BCUT2D eigenvalue weighted by atomic mass is 10.2. The molecule has 6 heteroatoms. The first-order valence-corrected chi connectivity index (χ1v) is 8.53. The van der Waals surface area contributed by atoms with Gasteiger partial charge in [0.25, 0.3) is 0 Å². The number of rotatable bonds is 3. The Balaban J connectivity index is 2.13. The van der Waals surface area contributed by atoms with Crippen LogP contribution in [0.2, 0.25) is 0 Å². The average Bonchev–Trinajstić information content (AvgIpc) is 2.53. The van der Waals surface area contributed by atoms with E-state index in [1.165, 1.54) is 0 Å². The zero-order chi connectivity index (χ0) is 15.3. The smallest absolute Gasteiger partial charge is 0.243 e. The minimum atomic E-state index is -3.40. The molecule has 0 spiro atoms. The highest BCUT2D eigenvalue weighted by molar-refractivity contribution is 7.89. The van der Waals surface area contributed by atoms with E-state index >= 15 is 0 Å². The third-order valence-electron chi connectivity index (χ3n) is 3.61. The third-order valence-corrected chi connectivity index (χ3v) is 5.52. The maximum atomic E-state index is 12.6. The van der Waals surface area contributed by atoms with Crippen molar-refractivity contribution in [1.29, 1.82) is 0 Å². The number of sulfonamides is 1. The Kier molecular flexibility index (Phi) is 5.37. The quantitative estimate of drug-likeness (QED) is 0.817. The second kappa shape index (κ2) is 7.05. The van der Waals surface area contributed by atoms with E-state index in [1.54, 1.807) is 28.6 Å². The van der Waals surface area contributed by atoms with Gasteiger partial charge in [0.05, 0.1) is 11.4 Å². The average molecular weight is 307 g/mol. The van der Waals surface area contributed by atoms with Crippen molar-refractivity contribution in [3.8, 4) is 11.8 Å². The molecule has 0 bridgehead atoms. The Morgan fingerprint density at radius 1 is 1.14 bits per heavy atom. The van der Waals surface area contributed by atoms with Crippen LogP contribution >= 0.6 is 0 Å². The fourth-order valence-electron chi connectivity index (χ4n) is 2.30. The van der Waals surface area contributed by atoms with E-state index < -0.39 is 10.0 Å². The molecule has 1 heterocycles. The monoisotopic (exact) mass is 307 g/mol. The molecule has 5 nitrogen and oxygen atoms in total. The van der Waals surface area contributed by atoms with E-state index in [4.69, 9.17) is 5.73 Å². The summed E-state index contributed by atoms with van der Waals surface area (Å²) in [7, 11) is -3.40. The van der Waals surface area contributed by atoms with E-state index in [1.807, 2.05) is 0 Å². The number of hydrogen-bond donors (Lipinski definition) is 1. The van der Waals surface area contributed by atoms with Gasteiger partial charge in [-0.05, 0) is 30.8 Å². The molecule has 114 valence electrons. The van der Waals surface area contributed by atoms with Gasteiger partial charge in [0.15, 0.2) is 0 Å². The summed E-state index contributed by atoms with van der Waals surface area (Å²) in [5.74, 6) is 5.64. The lowest BCUT2D eigenvalue weighted by Crippen LogP contribution is -2.48. The highest BCUT2D eigenvalue weighted by Crippen LogP contribution is 2.18. The maximum Gasteiger partial charge on any atom is 0.243 e. The van der Waals surface area contributed by atoms with E-state index in [0.717, 1.165) is 25.2 Å². The van der Waals surface area contributed by atoms with Gasteiger partial charge in [-0.2, -0.15) is 4.31 Å². The zero-order valence-corrected chi connectivity index (χ0v) is 13.1. The summed E-state index contributed by atoms with van der Waals surface area (Å²) < 4.78 is 26.7. The van der Waals surface area contributed by atoms with Crippen LogP contribution in [0.25, 0.3) is 0 Å². The Hall–Kier alpha value is -1.39. The fraction of sp³-hybridized carbons (Fsp3) is 0.467. The minimum Gasteiger partial charge on any atom is -0.320 e. The van der Waals surface area contributed by atoms with Gasteiger partial charge in [-0.25, -0.2) is 8.42 Å². The van der Waals surface area contributed by atoms with Gasteiger partial charge in [-0.1, -0.05) is 18.8 Å². The van der Waals surface area contributed by atoms with E-state index in [9.17, 15) is 8.42 Å². The predicted molar refractivity (Wildman–Crippen MR) is 83.2 cm³/mol. The fourth-order valence-corrected chi connectivity index (χ4v) is 3.72. The molecule has 0 saturated carbocycles. The van der Waals surface area contributed by atoms with Gasteiger partial charge in [0, 0.05) is 31.7 Å². The molecule has 0 aliphatic carbocycles. The first kappa shape index (κ1) is 16.0. The standard InChI is InChI=1S/C15H21N3O2S/c1-2-17-10-12-18(13-11-17)21(19,20)15-7-5-14(6-8-15)4-3-9-16/h5-8H,2,9-13,16H2,1H3. The van der Waals surface area contributed by atoms with Crippen molar-refractivity contribution in [2.24, 2.45) is 5.73 Å². The molecule has 2 rings (SSSR count). The van der Waals surface area contributed by atoms with Crippen molar-refractivity contribution >= 4 is 10.0 Å². The summed E-state index contributed by atoms with van der Waals surface area (Å²) in [6.45, 7) is 6.01. The molecule has 1 aromatic rings. The van der Waals surface area contributed by atoms with Gasteiger partial charge in [-0.15, -0.1) is 0 Å². The summed E-state index contributed by atoms with van der Waals surface area (Å²) in [5, 5.41) is 0. The molecule has 21 heavy (non-hydrogen) atoms. The molecule has 0 unspecified atom stereocenters. The summed E-state index contributed by atoms with van der Waals surface area (Å²) in [5.41, 5.74) is 6.09. The van der Waals surface area contributed by atoms with E-state index in [2.05, 4.69) is 23.7 Å². The number of likely N-dealkylation sites (N-methyl/N-ethyl adjacent to an activating group) is 1. The number of piperazine rings is 1. The Bertz CT molecular complexity index is 621. The van der Waals surface area contributed by atoms with Crippen LogP contribution in [-0.4, -0.2) is 56.9 Å². The van der Waals surface area contributed by atoms with Gasteiger partial charge in [-0.3, -0.25) is 0 Å². The highest BCUT2D eigenvalue weighted by Gasteiger charge is 2.27. The molecule has 0 aromatic heterocycles. The van der Waals surface area contributed by atoms with Crippen LogP contribution < -0.4 is 5.73 Å². The lowest BCUT2D eigenvalue weighted by molar-refractivity contribution is 0.196. The van der Waals surface area contributed by atoms with Crippen LogP contribution in [0, 0.1) is 11.8 Å². The van der Waals surface area contributed by atoms with Gasteiger partial charge in [0.2, 0.25) is 10.0 Å². The zero-order valence-electron chi connectivity index (χ0n) is 12.2. The topological polar surface area (TPSA) is 66.6 Å². The lowest BCUT2D eigenvalue weighted by Gasteiger charge is -2.33. The predicted octanol–water partition coefficient (Wildman–Crippen LogP) is 0.323. The number of nitrogens with two attached hydrogens (primary N) is 1. The van der Waals surface area contributed by atoms with E-state index in [-0.39, 0.29) is 0 Å². The molecule has 2 N–H and O–H groups in total. The Morgan fingerprint density at radius 2 is 1.76 bits per heavy atom. The highest BCUT2D eigenvalue weighted by atomic mass is 32.2. The Labute approximate surface area is 126 Å². The van der Waals surface area contributed by atoms with Crippen LogP contribution in [0.15, 0.2) is 29.2 Å². The molecule has 1 fully saturated rings. The summed E-state index contributed by atoms with van der Waals surface area (Å²) >= 11 is 0. The molecule has 1 aromatic carbocycles. The van der Waals surface area contributed by atoms with E-state index in [0.29, 0.717) is 24.5 Å². The molecular weight excluding hydrogens is 286 g/mol. The molecule has 1 saturated heterocycles. The SMILES string of the molecule is CCN1CCN(S(=O)(=O)c2ccc(C#CCN)cc2)CC1. The van der Waals surface area contributed by atoms with Gasteiger partial charge < -0.3 is 10.6 Å². The molecule has 0 atom stereocenters. The van der Waals surface area contributed by atoms with Crippen LogP contribution in [0.4, 0.5) is 0 Å². The normalized spacial score (nSPS) is 17.2. The van der Waals surface area contributed by atoms with Crippen molar-refractivity contribution in [1.82, 2.24) is 9.21 Å². The third kappa shape index (κ3) is 3.83. The molecule has 1 aliphatic heterocycles. The summed E-state index contributed by atoms with van der Waals surface area (Å²) in [6, 6.07) is 6.67.